The quantitative estimate of drug-likeness (QED) is 0.695. The molecule has 3 rings (SSSR count). The molecule has 0 atom stereocenters. The van der Waals surface area contributed by atoms with Crippen LogP contribution in [0, 0.1) is 13.8 Å². The van der Waals surface area contributed by atoms with E-state index in [2.05, 4.69) is 15.3 Å². The average molecular weight is 351 g/mol. The lowest BCUT2D eigenvalue weighted by Gasteiger charge is -2.12. The van der Waals surface area contributed by atoms with Crippen molar-refractivity contribution < 1.29 is 14.3 Å². The van der Waals surface area contributed by atoms with Gasteiger partial charge in [0.1, 0.15) is 5.75 Å². The third-order valence-corrected chi connectivity index (χ3v) is 4.10. The molecule has 0 spiro atoms. The number of carbonyl (C=O) groups excluding carboxylic acids is 1. The van der Waals surface area contributed by atoms with Gasteiger partial charge in [0.25, 0.3) is 0 Å². The van der Waals surface area contributed by atoms with Gasteiger partial charge in [0, 0.05) is 5.69 Å². The van der Waals surface area contributed by atoms with Crippen LogP contribution < -0.4 is 10.1 Å². The molecule has 134 valence electrons. The molecule has 0 aliphatic rings. The van der Waals surface area contributed by atoms with Crippen molar-refractivity contribution in [2.45, 2.75) is 20.8 Å². The fourth-order valence-corrected chi connectivity index (χ4v) is 2.55. The number of hydrogen-bond acceptors (Lipinski definition) is 6. The van der Waals surface area contributed by atoms with Gasteiger partial charge < -0.3 is 14.8 Å². The lowest BCUT2D eigenvalue weighted by atomic mass is 10.1. The number of esters is 1. The van der Waals surface area contributed by atoms with Crippen LogP contribution in [0.3, 0.4) is 0 Å². The average Bonchev–Trinajstić information content (AvgIpc) is 2.63. The number of ether oxygens (including phenoxy) is 2. The van der Waals surface area contributed by atoms with E-state index < -0.39 is 5.97 Å². The highest BCUT2D eigenvalue weighted by Crippen LogP contribution is 2.25. The van der Waals surface area contributed by atoms with Gasteiger partial charge in [-0.3, -0.25) is 0 Å². The first-order valence-corrected chi connectivity index (χ1v) is 8.39. The zero-order chi connectivity index (χ0) is 18.7. The molecule has 0 amide bonds. The van der Waals surface area contributed by atoms with E-state index in [9.17, 15) is 4.79 Å². The first-order valence-electron chi connectivity index (χ1n) is 8.39. The van der Waals surface area contributed by atoms with Crippen molar-refractivity contribution in [2.24, 2.45) is 0 Å². The van der Waals surface area contributed by atoms with Gasteiger partial charge >= 0.3 is 5.97 Å². The van der Waals surface area contributed by atoms with E-state index in [1.54, 1.807) is 14.0 Å². The Hall–Kier alpha value is -3.15. The highest BCUT2D eigenvalue weighted by atomic mass is 16.5. The second kappa shape index (κ2) is 7.39. The van der Waals surface area contributed by atoms with Crippen molar-refractivity contribution in [1.82, 2.24) is 9.97 Å². The molecular formula is C20H21N3O3. The smallest absolute Gasteiger partial charge is 0.360 e. The second-order valence-corrected chi connectivity index (χ2v) is 5.92. The Bertz CT molecular complexity index is 953. The maximum absolute atomic E-state index is 12.4. The third-order valence-electron chi connectivity index (χ3n) is 4.10. The van der Waals surface area contributed by atoms with E-state index in [0.717, 1.165) is 28.1 Å². The number of nitrogens with zero attached hydrogens (tertiary/aromatic N) is 2. The van der Waals surface area contributed by atoms with E-state index >= 15 is 0 Å². The predicted molar refractivity (Wildman–Crippen MR) is 101 cm³/mol. The van der Waals surface area contributed by atoms with Crippen LogP contribution in [0.25, 0.3) is 11.0 Å². The van der Waals surface area contributed by atoms with E-state index in [0.29, 0.717) is 11.3 Å². The number of benzene rings is 2. The SMILES string of the molecule is CCOC(=O)c1nc2cc(C)c(C)cc2nc1Nc1ccc(OC)cc1. The van der Waals surface area contributed by atoms with E-state index in [4.69, 9.17) is 9.47 Å². The van der Waals surface area contributed by atoms with E-state index in [-0.39, 0.29) is 12.3 Å². The highest BCUT2D eigenvalue weighted by molar-refractivity contribution is 5.96. The summed E-state index contributed by atoms with van der Waals surface area (Å²) in [5, 5.41) is 3.16. The molecule has 0 aliphatic carbocycles. The minimum Gasteiger partial charge on any atom is -0.497 e. The number of aromatic nitrogens is 2. The summed E-state index contributed by atoms with van der Waals surface area (Å²) in [6, 6.07) is 11.2. The molecule has 0 bridgehead atoms. The summed E-state index contributed by atoms with van der Waals surface area (Å²) in [5.41, 5.74) is 4.53. The van der Waals surface area contributed by atoms with E-state index in [1.165, 1.54) is 0 Å². The van der Waals surface area contributed by atoms with Crippen LogP contribution in [-0.4, -0.2) is 29.7 Å². The molecule has 3 aromatic rings. The maximum atomic E-state index is 12.4. The Morgan fingerprint density at radius 2 is 1.65 bits per heavy atom. The topological polar surface area (TPSA) is 73.3 Å². The van der Waals surface area contributed by atoms with E-state index in [1.807, 2.05) is 50.2 Å². The highest BCUT2D eigenvalue weighted by Gasteiger charge is 2.18. The largest absolute Gasteiger partial charge is 0.497 e. The van der Waals surface area contributed by atoms with Gasteiger partial charge in [-0.2, -0.15) is 0 Å². The number of anilines is 2. The number of rotatable bonds is 5. The minimum atomic E-state index is -0.504. The minimum absolute atomic E-state index is 0.165. The second-order valence-electron chi connectivity index (χ2n) is 5.92. The number of nitrogens with one attached hydrogen (secondary N) is 1. The lowest BCUT2D eigenvalue weighted by molar-refractivity contribution is 0.0521. The van der Waals surface area contributed by atoms with Crippen molar-refractivity contribution in [1.29, 1.82) is 0 Å². The molecule has 0 fully saturated rings. The third kappa shape index (κ3) is 3.59. The molecule has 1 aromatic heterocycles. The van der Waals surface area contributed by atoms with Gasteiger partial charge in [-0.1, -0.05) is 0 Å². The van der Waals surface area contributed by atoms with Gasteiger partial charge in [-0.15, -0.1) is 0 Å². The standard InChI is InChI=1S/C20H21N3O3/c1-5-26-20(24)18-19(21-14-6-8-15(25-4)9-7-14)23-17-11-13(3)12(2)10-16(17)22-18/h6-11H,5H2,1-4H3,(H,21,23). The van der Waals surface area contributed by atoms with Crippen LogP contribution in [0.4, 0.5) is 11.5 Å². The monoisotopic (exact) mass is 351 g/mol. The normalized spacial score (nSPS) is 10.6. The van der Waals surface area contributed by atoms with Crippen LogP contribution >= 0.6 is 0 Å². The molecule has 1 heterocycles. The Labute approximate surface area is 152 Å². The molecular weight excluding hydrogens is 330 g/mol. The Kier molecular flexibility index (Phi) is 5.02. The van der Waals surface area contributed by atoms with Crippen LogP contribution in [0.1, 0.15) is 28.5 Å². The molecule has 0 saturated carbocycles. The molecule has 0 aliphatic heterocycles. The van der Waals surface area contributed by atoms with Crippen LogP contribution in [-0.2, 0) is 4.74 Å². The predicted octanol–water partition coefficient (Wildman–Crippen LogP) is 4.18. The summed E-state index contributed by atoms with van der Waals surface area (Å²) in [7, 11) is 1.61. The number of methoxy groups -OCH3 is 1. The fraction of sp³-hybridized carbons (Fsp3) is 0.250. The summed E-state index contributed by atoms with van der Waals surface area (Å²) in [4.78, 5) is 21.5. The number of carbonyl (C=O) groups is 1. The zero-order valence-electron chi connectivity index (χ0n) is 15.3. The van der Waals surface area contributed by atoms with Crippen molar-refractivity contribution in [3.63, 3.8) is 0 Å². The first-order chi connectivity index (χ1) is 12.5. The fourth-order valence-electron chi connectivity index (χ4n) is 2.55. The molecule has 6 heteroatoms. The summed E-state index contributed by atoms with van der Waals surface area (Å²) in [6.07, 6.45) is 0. The van der Waals surface area contributed by atoms with Crippen molar-refractivity contribution >= 4 is 28.5 Å². The number of hydrogen-bond donors (Lipinski definition) is 1. The molecule has 0 saturated heterocycles. The van der Waals surface area contributed by atoms with Gasteiger partial charge in [0.05, 0.1) is 24.8 Å². The molecule has 0 radical (unpaired) electrons. The van der Waals surface area contributed by atoms with Gasteiger partial charge in [0.2, 0.25) is 0 Å². The van der Waals surface area contributed by atoms with Crippen LogP contribution in [0.15, 0.2) is 36.4 Å². The summed E-state index contributed by atoms with van der Waals surface area (Å²) < 4.78 is 10.3. The first kappa shape index (κ1) is 17.7. The van der Waals surface area contributed by atoms with Crippen molar-refractivity contribution in [3.8, 4) is 5.75 Å². The van der Waals surface area contributed by atoms with Crippen LogP contribution in [0.5, 0.6) is 5.75 Å². The Balaban J connectivity index is 2.08. The summed E-state index contributed by atoms with van der Waals surface area (Å²) in [6.45, 7) is 6.06. The Morgan fingerprint density at radius 1 is 1.04 bits per heavy atom. The molecule has 1 N–H and O–H groups in total. The van der Waals surface area contributed by atoms with Crippen LogP contribution in [0.2, 0.25) is 0 Å². The molecule has 0 unspecified atom stereocenters. The lowest BCUT2D eigenvalue weighted by Crippen LogP contribution is -2.12. The number of aryl methyl sites for hydroxylation is 2. The molecule has 6 nitrogen and oxygen atoms in total. The summed E-state index contributed by atoms with van der Waals surface area (Å²) >= 11 is 0. The van der Waals surface area contributed by atoms with Gasteiger partial charge in [0.15, 0.2) is 11.5 Å². The molecule has 2 aromatic carbocycles. The zero-order valence-corrected chi connectivity index (χ0v) is 15.3. The van der Waals surface area contributed by atoms with Crippen molar-refractivity contribution in [3.05, 3.63) is 53.2 Å². The number of fused-ring (bicyclic) bond motifs is 1. The Morgan fingerprint density at radius 3 is 2.23 bits per heavy atom. The summed E-state index contributed by atoms with van der Waals surface area (Å²) in [5.74, 6) is 0.609. The van der Waals surface area contributed by atoms with Gasteiger partial charge in [-0.05, 0) is 68.3 Å². The maximum Gasteiger partial charge on any atom is 0.360 e. The molecule has 26 heavy (non-hydrogen) atoms. The van der Waals surface area contributed by atoms with Crippen molar-refractivity contribution in [2.75, 3.05) is 19.0 Å². The van der Waals surface area contributed by atoms with Gasteiger partial charge in [-0.25, -0.2) is 14.8 Å².